The van der Waals surface area contributed by atoms with Crippen molar-refractivity contribution >= 4 is 10.0 Å². The van der Waals surface area contributed by atoms with Crippen molar-refractivity contribution < 1.29 is 8.42 Å². The lowest BCUT2D eigenvalue weighted by molar-refractivity contribution is 0.315. The van der Waals surface area contributed by atoms with Crippen LogP contribution in [0.2, 0.25) is 0 Å². The third-order valence-corrected chi connectivity index (χ3v) is 5.77. The largest absolute Gasteiger partial charge is 0.326 e. The highest BCUT2D eigenvalue weighted by Gasteiger charge is 2.28. The molecule has 1 aromatic rings. The van der Waals surface area contributed by atoms with Crippen LogP contribution < -0.4 is 5.73 Å². The van der Waals surface area contributed by atoms with Gasteiger partial charge in [-0.3, -0.25) is 0 Å². The highest BCUT2D eigenvalue weighted by atomic mass is 32.2. The molecule has 108 valence electrons. The predicted octanol–water partition coefficient (Wildman–Crippen LogP) is 2.12. The summed E-state index contributed by atoms with van der Waals surface area (Å²) in [6.45, 7) is 8.09. The van der Waals surface area contributed by atoms with Crippen LogP contribution in [0.5, 0.6) is 0 Å². The Kier molecular flexibility index (Phi) is 5.12. The van der Waals surface area contributed by atoms with Gasteiger partial charge < -0.3 is 5.73 Å². The van der Waals surface area contributed by atoms with Gasteiger partial charge in [0.1, 0.15) is 0 Å². The normalized spacial score (nSPS) is 14.1. The summed E-state index contributed by atoms with van der Waals surface area (Å²) in [6, 6.07) is 5.29. The van der Waals surface area contributed by atoms with E-state index in [-0.39, 0.29) is 12.0 Å². The number of hydrogen-bond acceptors (Lipinski definition) is 3. The molecule has 0 radical (unpaired) electrons. The van der Waals surface area contributed by atoms with Crippen molar-refractivity contribution in [2.75, 3.05) is 7.05 Å². The zero-order valence-corrected chi connectivity index (χ0v) is 13.2. The van der Waals surface area contributed by atoms with Gasteiger partial charge in [0.25, 0.3) is 0 Å². The van der Waals surface area contributed by atoms with Gasteiger partial charge in [-0.05, 0) is 37.0 Å². The van der Waals surface area contributed by atoms with E-state index in [1.165, 1.54) is 4.31 Å². The molecule has 0 aliphatic heterocycles. The van der Waals surface area contributed by atoms with E-state index in [2.05, 4.69) is 0 Å². The van der Waals surface area contributed by atoms with Crippen molar-refractivity contribution in [2.24, 2.45) is 11.7 Å². The number of hydrogen-bond donors (Lipinski definition) is 1. The number of aryl methyl sites for hydroxylation is 1. The SMILES string of the molecule is Cc1ccc(CN)cc1S(=O)(=O)N(C)C(C)C(C)C. The molecule has 0 fully saturated rings. The Labute approximate surface area is 116 Å². The smallest absolute Gasteiger partial charge is 0.243 e. The summed E-state index contributed by atoms with van der Waals surface area (Å²) < 4.78 is 26.7. The molecule has 1 atom stereocenters. The Bertz CT molecular complexity index is 538. The van der Waals surface area contributed by atoms with Crippen LogP contribution >= 0.6 is 0 Å². The van der Waals surface area contributed by atoms with E-state index >= 15 is 0 Å². The van der Waals surface area contributed by atoms with E-state index in [0.29, 0.717) is 11.4 Å². The molecule has 0 aromatic heterocycles. The van der Waals surface area contributed by atoms with E-state index in [0.717, 1.165) is 11.1 Å². The van der Waals surface area contributed by atoms with E-state index in [1.807, 2.05) is 32.9 Å². The topological polar surface area (TPSA) is 63.4 Å². The molecule has 0 spiro atoms. The van der Waals surface area contributed by atoms with Crippen molar-refractivity contribution in [3.63, 3.8) is 0 Å². The highest BCUT2D eigenvalue weighted by Crippen LogP contribution is 2.23. The minimum absolute atomic E-state index is 0.0501. The van der Waals surface area contributed by atoms with Gasteiger partial charge in [-0.1, -0.05) is 26.0 Å². The summed E-state index contributed by atoms with van der Waals surface area (Å²) in [4.78, 5) is 0.352. The van der Waals surface area contributed by atoms with Crippen molar-refractivity contribution in [1.29, 1.82) is 0 Å². The third-order valence-electron chi connectivity index (χ3n) is 3.68. The number of nitrogens with two attached hydrogens (primary N) is 1. The zero-order valence-electron chi connectivity index (χ0n) is 12.3. The molecule has 0 heterocycles. The van der Waals surface area contributed by atoms with Crippen molar-refractivity contribution in [2.45, 2.75) is 45.2 Å². The zero-order chi connectivity index (χ0) is 14.8. The van der Waals surface area contributed by atoms with Crippen LogP contribution in [0.15, 0.2) is 23.1 Å². The lowest BCUT2D eigenvalue weighted by Crippen LogP contribution is -2.38. The molecule has 19 heavy (non-hydrogen) atoms. The lowest BCUT2D eigenvalue weighted by Gasteiger charge is -2.28. The second kappa shape index (κ2) is 6.03. The monoisotopic (exact) mass is 284 g/mol. The Balaban J connectivity index is 3.27. The van der Waals surface area contributed by atoms with Crippen molar-refractivity contribution in [3.8, 4) is 0 Å². The summed E-state index contributed by atoms with van der Waals surface area (Å²) in [7, 11) is -1.84. The first-order chi connectivity index (χ1) is 8.71. The van der Waals surface area contributed by atoms with Crippen molar-refractivity contribution in [3.05, 3.63) is 29.3 Å². The maximum atomic E-state index is 12.7. The first-order valence-electron chi connectivity index (χ1n) is 6.49. The molecule has 0 amide bonds. The molecule has 0 aliphatic rings. The van der Waals surface area contributed by atoms with Gasteiger partial charge in [0.05, 0.1) is 4.90 Å². The molecule has 5 heteroatoms. The second-order valence-electron chi connectivity index (χ2n) is 5.31. The Morgan fingerprint density at radius 2 is 1.84 bits per heavy atom. The molecule has 0 aliphatic carbocycles. The van der Waals surface area contributed by atoms with Gasteiger partial charge >= 0.3 is 0 Å². The Hall–Kier alpha value is -0.910. The summed E-state index contributed by atoms with van der Waals surface area (Å²) in [6.07, 6.45) is 0. The van der Waals surface area contributed by atoms with Crippen LogP contribution in [0.25, 0.3) is 0 Å². The first-order valence-corrected chi connectivity index (χ1v) is 7.93. The molecule has 0 bridgehead atoms. The molecule has 2 N–H and O–H groups in total. The van der Waals surface area contributed by atoms with Gasteiger partial charge in [-0.2, -0.15) is 4.31 Å². The third kappa shape index (κ3) is 3.35. The Morgan fingerprint density at radius 3 is 2.32 bits per heavy atom. The van der Waals surface area contributed by atoms with E-state index in [1.54, 1.807) is 20.0 Å². The lowest BCUT2D eigenvalue weighted by atomic mass is 10.1. The van der Waals surface area contributed by atoms with Crippen LogP contribution in [0, 0.1) is 12.8 Å². The fourth-order valence-electron chi connectivity index (χ4n) is 1.84. The second-order valence-corrected chi connectivity index (χ2v) is 7.28. The van der Waals surface area contributed by atoms with E-state index in [9.17, 15) is 8.42 Å². The van der Waals surface area contributed by atoms with Gasteiger partial charge in [0.15, 0.2) is 0 Å². The van der Waals surface area contributed by atoms with Crippen LogP contribution in [-0.4, -0.2) is 25.8 Å². The summed E-state index contributed by atoms with van der Waals surface area (Å²) >= 11 is 0. The molecular formula is C14H24N2O2S. The van der Waals surface area contributed by atoms with Gasteiger partial charge in [-0.15, -0.1) is 0 Å². The Morgan fingerprint density at radius 1 is 1.26 bits per heavy atom. The fourth-order valence-corrected chi connectivity index (χ4v) is 3.61. The number of rotatable bonds is 5. The molecule has 1 aromatic carbocycles. The van der Waals surface area contributed by atoms with Crippen LogP contribution in [0.4, 0.5) is 0 Å². The highest BCUT2D eigenvalue weighted by molar-refractivity contribution is 7.89. The molecule has 1 unspecified atom stereocenters. The maximum Gasteiger partial charge on any atom is 0.243 e. The summed E-state index contributed by atoms with van der Waals surface area (Å²) in [5.41, 5.74) is 7.17. The van der Waals surface area contributed by atoms with E-state index < -0.39 is 10.0 Å². The molecule has 4 nitrogen and oxygen atoms in total. The number of sulfonamides is 1. The van der Waals surface area contributed by atoms with Gasteiger partial charge in [0.2, 0.25) is 10.0 Å². The minimum Gasteiger partial charge on any atom is -0.326 e. The van der Waals surface area contributed by atoms with Crippen LogP contribution in [0.1, 0.15) is 31.9 Å². The van der Waals surface area contributed by atoms with Crippen LogP contribution in [0.3, 0.4) is 0 Å². The van der Waals surface area contributed by atoms with Gasteiger partial charge in [0, 0.05) is 19.6 Å². The minimum atomic E-state index is -3.47. The summed E-state index contributed by atoms with van der Waals surface area (Å²) in [5, 5.41) is 0. The van der Waals surface area contributed by atoms with E-state index in [4.69, 9.17) is 5.73 Å². The van der Waals surface area contributed by atoms with Crippen molar-refractivity contribution in [1.82, 2.24) is 4.31 Å². The standard InChI is InChI=1S/C14H24N2O2S/c1-10(2)12(4)16(5)19(17,18)14-8-13(9-15)7-6-11(14)3/h6-8,10,12H,9,15H2,1-5H3. The number of benzene rings is 1. The quantitative estimate of drug-likeness (QED) is 0.901. The molecule has 1 rings (SSSR count). The average Bonchev–Trinajstić information content (AvgIpc) is 2.37. The first kappa shape index (κ1) is 16.1. The van der Waals surface area contributed by atoms with Crippen LogP contribution in [-0.2, 0) is 16.6 Å². The average molecular weight is 284 g/mol. The molecule has 0 saturated carbocycles. The summed E-state index contributed by atoms with van der Waals surface area (Å²) in [5.74, 6) is 0.262. The van der Waals surface area contributed by atoms with Gasteiger partial charge in [-0.25, -0.2) is 8.42 Å². The molecular weight excluding hydrogens is 260 g/mol. The number of nitrogens with zero attached hydrogens (tertiary/aromatic N) is 1. The molecule has 0 saturated heterocycles. The fraction of sp³-hybridized carbons (Fsp3) is 0.571. The maximum absolute atomic E-state index is 12.7. The predicted molar refractivity (Wildman–Crippen MR) is 78.3 cm³/mol.